The van der Waals surface area contributed by atoms with E-state index in [2.05, 4.69) is 55.4 Å². The highest BCUT2D eigenvalue weighted by Crippen LogP contribution is 2.17. The molecule has 0 saturated carbocycles. The summed E-state index contributed by atoms with van der Waals surface area (Å²) in [5.74, 6) is 0. The summed E-state index contributed by atoms with van der Waals surface area (Å²) in [5.41, 5.74) is 0. The molecule has 5 nitrogen and oxygen atoms in total. The van der Waals surface area contributed by atoms with Crippen LogP contribution in [0, 0.1) is 0 Å². The van der Waals surface area contributed by atoms with Gasteiger partial charge < -0.3 is 42.5 Å². The van der Waals surface area contributed by atoms with Crippen LogP contribution < -0.4 is 17.1 Å². The van der Waals surface area contributed by atoms with Gasteiger partial charge in [0.05, 0.1) is 52.4 Å². The van der Waals surface area contributed by atoms with Crippen molar-refractivity contribution in [3.63, 3.8) is 0 Å². The molecule has 0 fully saturated rings. The Balaban J connectivity index is -0.0000000931. The first-order valence-electron chi connectivity index (χ1n) is 16.2. The third-order valence-corrected chi connectivity index (χ3v) is 7.89. The second kappa shape index (κ2) is 40.2. The standard InChI is InChI=1S/2C16H36N.ClH.FH.3H2O/c2*1-5-9-13-17(14-10-6-2,15-11-7-3)16-12-8-4;;;;;/h2*5-16H2,1-4H3;2*1H;3*1H2/q2*+1;;;;;/p-2. The van der Waals surface area contributed by atoms with E-state index >= 15 is 0 Å². The molecule has 0 bridgehead atoms. The predicted molar refractivity (Wildman–Crippen MR) is 170 cm³/mol. The number of hydrogen-bond acceptors (Lipinski definition) is 0. The van der Waals surface area contributed by atoms with Crippen LogP contribution in [0.4, 0.5) is 0 Å². The molecule has 0 aromatic carbocycles. The Bertz CT molecular complexity index is 297. The lowest BCUT2D eigenvalue weighted by Crippen LogP contribution is -3.00. The molecular weight excluding hydrogens is 515 g/mol. The highest BCUT2D eigenvalue weighted by Gasteiger charge is 2.25. The van der Waals surface area contributed by atoms with E-state index in [1.807, 2.05) is 0 Å². The SMILES string of the molecule is CCCC[N+](CCCC)(CCCC)CCCC.CCCC[N+](CCCC)(CCCC)CCCC.O.O.O.[Cl-].[F-]. The fourth-order valence-electron chi connectivity index (χ4n) is 5.29. The van der Waals surface area contributed by atoms with Crippen molar-refractivity contribution in [1.29, 1.82) is 0 Å². The lowest BCUT2D eigenvalue weighted by molar-refractivity contribution is -0.929. The van der Waals surface area contributed by atoms with Crippen LogP contribution in [0.1, 0.15) is 158 Å². The number of unbranched alkanes of at least 4 members (excludes halogenated alkanes) is 8. The van der Waals surface area contributed by atoms with E-state index in [4.69, 9.17) is 0 Å². The second-order valence-electron chi connectivity index (χ2n) is 11.3. The van der Waals surface area contributed by atoms with Crippen LogP contribution in [-0.2, 0) is 0 Å². The zero-order valence-corrected chi connectivity index (χ0v) is 28.9. The number of halogens is 2. The third kappa shape index (κ3) is 30.8. The summed E-state index contributed by atoms with van der Waals surface area (Å²) in [6, 6.07) is 0. The molecule has 0 saturated heterocycles. The van der Waals surface area contributed by atoms with Crippen molar-refractivity contribution in [3.8, 4) is 0 Å². The van der Waals surface area contributed by atoms with Crippen LogP contribution in [0.25, 0.3) is 0 Å². The van der Waals surface area contributed by atoms with Crippen LogP contribution in [0.3, 0.4) is 0 Å². The van der Waals surface area contributed by atoms with Gasteiger partial charge in [-0.3, -0.25) is 0 Å². The largest absolute Gasteiger partial charge is 1.00 e. The van der Waals surface area contributed by atoms with Gasteiger partial charge in [-0.25, -0.2) is 0 Å². The van der Waals surface area contributed by atoms with Crippen molar-refractivity contribution < 1.29 is 42.5 Å². The first-order valence-corrected chi connectivity index (χ1v) is 16.2. The molecule has 39 heavy (non-hydrogen) atoms. The molecule has 0 aliphatic rings. The number of hydrogen-bond donors (Lipinski definition) is 0. The Kier molecular flexibility index (Phi) is 56.7. The molecule has 7 heteroatoms. The fraction of sp³-hybridized carbons (Fsp3) is 1.00. The Morgan fingerprint density at radius 1 is 0.282 bits per heavy atom. The summed E-state index contributed by atoms with van der Waals surface area (Å²) < 4.78 is 2.84. The first kappa shape index (κ1) is 55.0. The molecule has 0 heterocycles. The van der Waals surface area contributed by atoms with E-state index < -0.39 is 0 Å². The molecule has 0 rings (SSSR count). The molecule has 0 aromatic rings. The Morgan fingerprint density at radius 3 is 0.462 bits per heavy atom. The quantitative estimate of drug-likeness (QED) is 0.152. The van der Waals surface area contributed by atoms with Gasteiger partial charge in [-0.05, 0) is 51.4 Å². The van der Waals surface area contributed by atoms with E-state index in [1.165, 1.54) is 164 Å². The second-order valence-corrected chi connectivity index (χ2v) is 11.3. The van der Waals surface area contributed by atoms with Crippen molar-refractivity contribution in [1.82, 2.24) is 0 Å². The molecule has 0 aliphatic heterocycles. The summed E-state index contributed by atoms with van der Waals surface area (Å²) in [5, 5.41) is 0. The topological polar surface area (TPSA) is 94.5 Å². The average Bonchev–Trinajstić information content (AvgIpc) is 2.87. The summed E-state index contributed by atoms with van der Waals surface area (Å²) in [6.07, 6.45) is 22.1. The van der Waals surface area contributed by atoms with Gasteiger partial charge in [-0.1, -0.05) is 107 Å². The average molecular weight is 593 g/mol. The smallest absolute Gasteiger partial charge is 0.0786 e. The Labute approximate surface area is 252 Å². The van der Waals surface area contributed by atoms with Gasteiger partial charge in [0.25, 0.3) is 0 Å². The van der Waals surface area contributed by atoms with Gasteiger partial charge in [0.15, 0.2) is 0 Å². The molecule has 6 N–H and O–H groups in total. The van der Waals surface area contributed by atoms with Crippen LogP contribution in [-0.4, -0.2) is 77.8 Å². The minimum Gasteiger partial charge on any atom is -1.00 e. The molecular formula is C32H78ClFN2O3. The minimum absolute atomic E-state index is 0. The summed E-state index contributed by atoms with van der Waals surface area (Å²) in [7, 11) is 0. The van der Waals surface area contributed by atoms with E-state index in [0.29, 0.717) is 0 Å². The maximum absolute atomic E-state index is 2.33. The number of quaternary nitrogens is 2. The summed E-state index contributed by atoms with van der Waals surface area (Å²) in [6.45, 7) is 30.0. The molecule has 0 radical (unpaired) electrons. The maximum atomic E-state index is 2.33. The molecule has 0 spiro atoms. The number of nitrogens with zero attached hydrogens (tertiary/aromatic N) is 2. The molecule has 0 atom stereocenters. The van der Waals surface area contributed by atoms with Gasteiger partial charge >= 0.3 is 0 Å². The monoisotopic (exact) mass is 593 g/mol. The zero-order chi connectivity index (χ0) is 26.0. The van der Waals surface area contributed by atoms with E-state index in [9.17, 15) is 0 Å². The molecule has 0 aromatic heterocycles. The van der Waals surface area contributed by atoms with E-state index in [-0.39, 0.29) is 33.5 Å². The highest BCUT2D eigenvalue weighted by molar-refractivity contribution is 4.50. The normalized spacial score (nSPS) is 10.5. The fourth-order valence-corrected chi connectivity index (χ4v) is 5.29. The van der Waals surface area contributed by atoms with Crippen LogP contribution in [0.2, 0.25) is 0 Å². The van der Waals surface area contributed by atoms with Crippen LogP contribution in [0.15, 0.2) is 0 Å². The first-order chi connectivity index (χ1) is 16.5. The third-order valence-electron chi connectivity index (χ3n) is 7.89. The van der Waals surface area contributed by atoms with Crippen molar-refractivity contribution in [2.24, 2.45) is 0 Å². The Morgan fingerprint density at radius 2 is 0.385 bits per heavy atom. The molecule has 0 amide bonds. The van der Waals surface area contributed by atoms with Crippen molar-refractivity contribution in [2.45, 2.75) is 158 Å². The van der Waals surface area contributed by atoms with E-state index in [1.54, 1.807) is 0 Å². The van der Waals surface area contributed by atoms with Gasteiger partial charge in [-0.2, -0.15) is 0 Å². The van der Waals surface area contributed by atoms with Gasteiger partial charge in [0.2, 0.25) is 0 Å². The zero-order valence-electron chi connectivity index (χ0n) is 28.1. The summed E-state index contributed by atoms with van der Waals surface area (Å²) >= 11 is 0. The maximum Gasteiger partial charge on any atom is 0.0786 e. The van der Waals surface area contributed by atoms with Crippen molar-refractivity contribution in [2.75, 3.05) is 52.4 Å². The highest BCUT2D eigenvalue weighted by atomic mass is 35.5. The molecule has 0 aliphatic carbocycles. The molecule has 248 valence electrons. The predicted octanol–water partition coefficient (Wildman–Crippen LogP) is 1.54. The summed E-state index contributed by atoms with van der Waals surface area (Å²) in [4.78, 5) is 0. The van der Waals surface area contributed by atoms with Crippen molar-refractivity contribution in [3.05, 3.63) is 0 Å². The van der Waals surface area contributed by atoms with Gasteiger partial charge in [0.1, 0.15) is 0 Å². The van der Waals surface area contributed by atoms with Crippen molar-refractivity contribution >= 4 is 0 Å². The minimum atomic E-state index is 0. The van der Waals surface area contributed by atoms with Gasteiger partial charge in [0, 0.05) is 0 Å². The van der Waals surface area contributed by atoms with Crippen LogP contribution in [0.5, 0.6) is 0 Å². The van der Waals surface area contributed by atoms with Gasteiger partial charge in [-0.15, -0.1) is 0 Å². The lowest BCUT2D eigenvalue weighted by Gasteiger charge is -2.39. The molecule has 0 unspecified atom stereocenters. The lowest BCUT2D eigenvalue weighted by atomic mass is 10.1. The van der Waals surface area contributed by atoms with E-state index in [0.717, 1.165) is 0 Å². The number of rotatable bonds is 24. The Hall–Kier alpha value is 0.0200. The van der Waals surface area contributed by atoms with Crippen LogP contribution >= 0.6 is 0 Å².